The lowest BCUT2D eigenvalue weighted by molar-refractivity contribution is -0.144. The van der Waals surface area contributed by atoms with Gasteiger partial charge in [-0.3, -0.25) is 13.9 Å². The number of carbonyl (C=O) groups excluding carboxylic acids is 2. The Balaban J connectivity index is 1.47. The number of esters is 1. The molecule has 1 saturated heterocycles. The second-order valence-corrected chi connectivity index (χ2v) is 12.7. The molecule has 3 aromatic rings. The van der Waals surface area contributed by atoms with Gasteiger partial charge in [0.25, 0.3) is 5.91 Å². The van der Waals surface area contributed by atoms with Gasteiger partial charge in [0, 0.05) is 12.6 Å². The largest absolute Gasteiger partial charge is 0.460 e. The summed E-state index contributed by atoms with van der Waals surface area (Å²) in [5.41, 5.74) is 1.74. The van der Waals surface area contributed by atoms with Gasteiger partial charge in [-0.15, -0.1) is 0 Å². The van der Waals surface area contributed by atoms with Crippen LogP contribution in [-0.4, -0.2) is 45.2 Å². The zero-order chi connectivity index (χ0) is 27.4. The van der Waals surface area contributed by atoms with Crippen LogP contribution in [0.1, 0.15) is 49.5 Å². The average molecular weight is 537 g/mol. The van der Waals surface area contributed by atoms with Crippen LogP contribution in [0, 0.1) is 11.8 Å². The Morgan fingerprint density at radius 1 is 1.08 bits per heavy atom. The molecule has 202 valence electrons. The lowest BCUT2D eigenvalue weighted by atomic mass is 9.94. The summed E-state index contributed by atoms with van der Waals surface area (Å²) >= 11 is 0. The van der Waals surface area contributed by atoms with Crippen LogP contribution in [0.5, 0.6) is 0 Å². The third kappa shape index (κ3) is 6.35. The third-order valence-corrected chi connectivity index (χ3v) is 8.91. The van der Waals surface area contributed by atoms with Crippen molar-refractivity contribution in [3.8, 4) is 0 Å². The van der Waals surface area contributed by atoms with Crippen molar-refractivity contribution in [3.05, 3.63) is 77.9 Å². The molecule has 7 nitrogen and oxygen atoms in total. The minimum atomic E-state index is -3.64. The van der Waals surface area contributed by atoms with Gasteiger partial charge in [0.2, 0.25) is 10.0 Å². The maximum Gasteiger partial charge on any atom is 0.309 e. The second kappa shape index (κ2) is 11.6. The number of nitrogens with zero attached hydrogens (tertiary/aromatic N) is 1. The normalized spacial score (nSPS) is 18.4. The van der Waals surface area contributed by atoms with Gasteiger partial charge >= 0.3 is 5.97 Å². The van der Waals surface area contributed by atoms with E-state index in [2.05, 4.69) is 19.2 Å². The van der Waals surface area contributed by atoms with Gasteiger partial charge in [-0.05, 0) is 59.7 Å². The summed E-state index contributed by atoms with van der Waals surface area (Å²) in [5, 5.41) is 5.15. The van der Waals surface area contributed by atoms with E-state index in [1.165, 1.54) is 11.4 Å². The van der Waals surface area contributed by atoms with E-state index in [9.17, 15) is 18.0 Å². The molecule has 0 aliphatic carbocycles. The molecule has 1 N–H and O–H groups in total. The summed E-state index contributed by atoms with van der Waals surface area (Å²) < 4.78 is 33.2. The second-order valence-electron chi connectivity index (χ2n) is 10.5. The molecule has 1 aliphatic rings. The number of aryl methyl sites for hydroxylation is 1. The molecule has 0 spiro atoms. The zero-order valence-corrected chi connectivity index (χ0v) is 23.2. The van der Waals surface area contributed by atoms with Crippen LogP contribution < -0.4 is 9.62 Å². The number of benzene rings is 3. The van der Waals surface area contributed by atoms with Gasteiger partial charge < -0.3 is 10.1 Å². The van der Waals surface area contributed by atoms with Crippen molar-refractivity contribution >= 4 is 38.4 Å². The van der Waals surface area contributed by atoms with E-state index in [1.54, 1.807) is 24.3 Å². The number of rotatable bonds is 10. The molecule has 38 heavy (non-hydrogen) atoms. The fraction of sp³-hybridized carbons (Fsp3) is 0.400. The molecule has 0 saturated carbocycles. The Morgan fingerprint density at radius 2 is 1.79 bits per heavy atom. The maximum atomic E-state index is 13.2. The lowest BCUT2D eigenvalue weighted by Crippen LogP contribution is -2.44. The lowest BCUT2D eigenvalue weighted by Gasteiger charge is -2.26. The first-order chi connectivity index (χ1) is 18.0. The first-order valence-corrected chi connectivity index (χ1v) is 14.7. The summed E-state index contributed by atoms with van der Waals surface area (Å²) in [6.07, 6.45) is 1.24. The molecule has 1 fully saturated rings. The SMILES string of the molecule is CC(C)C[C@H](NC(=O)c1cccc(N(C)S(=O)(=O)CCc2cccc3ccccc23)c1)[C@H]1C[C@@H](C)C(=O)O1. The highest BCUT2D eigenvalue weighted by molar-refractivity contribution is 7.92. The molecule has 3 aromatic carbocycles. The predicted octanol–water partition coefficient (Wildman–Crippen LogP) is 4.94. The Kier molecular flexibility index (Phi) is 8.41. The van der Waals surface area contributed by atoms with Crippen LogP contribution in [-0.2, 0) is 26.0 Å². The van der Waals surface area contributed by atoms with Crippen molar-refractivity contribution in [2.75, 3.05) is 17.1 Å². The number of fused-ring (bicyclic) bond motifs is 1. The number of hydrogen-bond donors (Lipinski definition) is 1. The van der Waals surface area contributed by atoms with Crippen LogP contribution in [0.2, 0.25) is 0 Å². The van der Waals surface area contributed by atoms with Crippen LogP contribution in [0.4, 0.5) is 5.69 Å². The average Bonchev–Trinajstić information content (AvgIpc) is 3.24. The molecule has 0 unspecified atom stereocenters. The van der Waals surface area contributed by atoms with Crippen molar-refractivity contribution in [3.63, 3.8) is 0 Å². The van der Waals surface area contributed by atoms with E-state index in [0.29, 0.717) is 36.4 Å². The number of amides is 1. The Bertz CT molecular complexity index is 1410. The summed E-state index contributed by atoms with van der Waals surface area (Å²) in [7, 11) is -2.13. The quantitative estimate of drug-likeness (QED) is 0.371. The zero-order valence-electron chi connectivity index (χ0n) is 22.4. The van der Waals surface area contributed by atoms with Gasteiger partial charge in [-0.1, -0.05) is 69.3 Å². The van der Waals surface area contributed by atoms with Gasteiger partial charge in [0.15, 0.2) is 0 Å². The van der Waals surface area contributed by atoms with Crippen LogP contribution >= 0.6 is 0 Å². The highest BCUT2D eigenvalue weighted by Crippen LogP contribution is 2.27. The molecule has 1 amide bonds. The summed E-state index contributed by atoms with van der Waals surface area (Å²) in [6.45, 7) is 5.94. The number of anilines is 1. The van der Waals surface area contributed by atoms with Crippen LogP contribution in [0.15, 0.2) is 66.7 Å². The Hall–Kier alpha value is -3.39. The highest BCUT2D eigenvalue weighted by atomic mass is 32.2. The molecular weight excluding hydrogens is 500 g/mol. The summed E-state index contributed by atoms with van der Waals surface area (Å²) in [5.74, 6) is -0.526. The molecule has 1 aliphatic heterocycles. The van der Waals surface area contributed by atoms with E-state index in [0.717, 1.165) is 16.3 Å². The number of hydrogen-bond acceptors (Lipinski definition) is 5. The monoisotopic (exact) mass is 536 g/mol. The fourth-order valence-electron chi connectivity index (χ4n) is 4.96. The van der Waals surface area contributed by atoms with Crippen molar-refractivity contribution in [1.29, 1.82) is 0 Å². The van der Waals surface area contributed by atoms with E-state index in [-0.39, 0.29) is 35.7 Å². The molecule has 1 heterocycles. The van der Waals surface area contributed by atoms with Crippen LogP contribution in [0.25, 0.3) is 10.8 Å². The Morgan fingerprint density at radius 3 is 2.50 bits per heavy atom. The number of sulfonamides is 1. The number of cyclic esters (lactones) is 1. The Labute approximate surface area is 225 Å². The van der Waals surface area contributed by atoms with Crippen LogP contribution in [0.3, 0.4) is 0 Å². The third-order valence-electron chi connectivity index (χ3n) is 7.14. The molecule has 0 radical (unpaired) electrons. The number of ether oxygens (including phenoxy) is 1. The van der Waals surface area contributed by atoms with Crippen molar-refractivity contribution in [2.45, 2.75) is 52.2 Å². The van der Waals surface area contributed by atoms with E-state index in [1.807, 2.05) is 49.4 Å². The molecule has 0 bridgehead atoms. The minimum absolute atomic E-state index is 0.0599. The highest BCUT2D eigenvalue weighted by Gasteiger charge is 2.37. The number of nitrogens with one attached hydrogen (secondary N) is 1. The molecule has 0 aromatic heterocycles. The minimum Gasteiger partial charge on any atom is -0.460 e. The van der Waals surface area contributed by atoms with Gasteiger partial charge in [-0.2, -0.15) is 0 Å². The molecule has 8 heteroatoms. The van der Waals surface area contributed by atoms with Crippen molar-refractivity contribution in [1.82, 2.24) is 5.32 Å². The van der Waals surface area contributed by atoms with Crippen molar-refractivity contribution in [2.24, 2.45) is 11.8 Å². The smallest absolute Gasteiger partial charge is 0.309 e. The summed E-state index contributed by atoms with van der Waals surface area (Å²) in [4.78, 5) is 25.2. The van der Waals surface area contributed by atoms with Gasteiger partial charge in [0.1, 0.15) is 6.10 Å². The van der Waals surface area contributed by atoms with E-state index in [4.69, 9.17) is 4.74 Å². The first kappa shape index (κ1) is 27.6. The molecule has 4 rings (SSSR count). The predicted molar refractivity (Wildman–Crippen MR) is 151 cm³/mol. The standard InChI is InChI=1S/C30H36N2O5S/c1-20(2)17-27(28-18-21(3)30(34)37-28)31-29(33)24-12-8-13-25(19-24)32(4)38(35,36)16-15-23-11-7-10-22-9-5-6-14-26(22)23/h5-14,19-21,27-28H,15-18H2,1-4H3,(H,31,33)/t21-,27+,28-/m1/s1. The van der Waals surface area contributed by atoms with Gasteiger partial charge in [0.05, 0.1) is 23.4 Å². The fourth-order valence-corrected chi connectivity index (χ4v) is 6.14. The maximum absolute atomic E-state index is 13.2. The number of carbonyl (C=O) groups is 2. The molecule has 3 atom stereocenters. The topological polar surface area (TPSA) is 92.8 Å². The first-order valence-electron chi connectivity index (χ1n) is 13.1. The van der Waals surface area contributed by atoms with E-state index < -0.39 is 10.0 Å². The summed E-state index contributed by atoms with van der Waals surface area (Å²) in [6, 6.07) is 20.1. The van der Waals surface area contributed by atoms with Gasteiger partial charge in [-0.25, -0.2) is 8.42 Å². The van der Waals surface area contributed by atoms with E-state index >= 15 is 0 Å². The van der Waals surface area contributed by atoms with Crippen molar-refractivity contribution < 1.29 is 22.7 Å². The molecular formula is C30H36N2O5S.